The van der Waals surface area contributed by atoms with E-state index in [1.807, 2.05) is 0 Å². The first kappa shape index (κ1) is 12.9. The number of aliphatic hydroxyl groups is 1. The van der Waals surface area contributed by atoms with Crippen LogP contribution in [0.15, 0.2) is 0 Å². The summed E-state index contributed by atoms with van der Waals surface area (Å²) in [5.41, 5.74) is 0. The highest BCUT2D eigenvalue weighted by Gasteiger charge is 2.33. The molecule has 0 bridgehead atoms. The molecule has 1 unspecified atom stereocenters. The molecule has 1 rings (SSSR count). The van der Waals surface area contributed by atoms with Crippen molar-refractivity contribution in [1.82, 2.24) is 4.31 Å². The molecule has 1 aliphatic rings. The first-order chi connectivity index (χ1) is 6.79. The van der Waals surface area contributed by atoms with Crippen molar-refractivity contribution < 1.29 is 21.9 Å². The molecule has 1 atom stereocenters. The van der Waals surface area contributed by atoms with Crippen molar-refractivity contribution in [2.75, 3.05) is 31.2 Å². The van der Waals surface area contributed by atoms with E-state index < -0.39 is 31.7 Å². The Bertz CT molecular complexity index is 399. The van der Waals surface area contributed by atoms with E-state index in [1.54, 1.807) is 0 Å². The van der Waals surface area contributed by atoms with Gasteiger partial charge in [0.1, 0.15) is 0 Å². The van der Waals surface area contributed by atoms with E-state index in [-0.39, 0.29) is 24.6 Å². The van der Waals surface area contributed by atoms with Crippen LogP contribution in [0.2, 0.25) is 0 Å². The van der Waals surface area contributed by atoms with Gasteiger partial charge in [0.25, 0.3) is 0 Å². The molecule has 0 saturated carbocycles. The molecule has 1 fully saturated rings. The molecule has 15 heavy (non-hydrogen) atoms. The lowest BCUT2D eigenvalue weighted by Gasteiger charge is -2.28. The second kappa shape index (κ2) is 4.36. The lowest BCUT2D eigenvalue weighted by atomic mass is 10.5. The minimum Gasteiger partial charge on any atom is -0.395 e. The van der Waals surface area contributed by atoms with E-state index in [9.17, 15) is 16.8 Å². The van der Waals surface area contributed by atoms with Gasteiger partial charge < -0.3 is 5.11 Å². The number of nitrogens with zero attached hydrogens (tertiary/aromatic N) is 1. The number of aliphatic hydroxyl groups excluding tert-OH is 1. The predicted octanol–water partition coefficient (Wildman–Crippen LogP) is -1.57. The maximum atomic E-state index is 11.7. The average Bonchev–Trinajstić information content (AvgIpc) is 2.15. The molecule has 0 aromatic rings. The molecule has 0 radical (unpaired) electrons. The van der Waals surface area contributed by atoms with Crippen LogP contribution in [0, 0.1) is 0 Å². The zero-order valence-electron chi connectivity index (χ0n) is 8.46. The Balaban J connectivity index is 2.77. The first-order valence-electron chi connectivity index (χ1n) is 4.60. The highest BCUT2D eigenvalue weighted by molar-refractivity contribution is 7.92. The Morgan fingerprint density at radius 1 is 1.33 bits per heavy atom. The number of sulfonamides is 1. The zero-order valence-corrected chi connectivity index (χ0v) is 10.1. The minimum atomic E-state index is -3.54. The Labute approximate surface area is 89.9 Å². The van der Waals surface area contributed by atoms with Gasteiger partial charge in [-0.1, -0.05) is 0 Å². The van der Waals surface area contributed by atoms with E-state index in [1.165, 1.54) is 6.92 Å². The van der Waals surface area contributed by atoms with E-state index in [0.29, 0.717) is 0 Å². The summed E-state index contributed by atoms with van der Waals surface area (Å²) >= 11 is 0. The minimum absolute atomic E-state index is 0.00495. The fourth-order valence-corrected chi connectivity index (χ4v) is 4.12. The summed E-state index contributed by atoms with van der Waals surface area (Å²) in [6, 6.07) is 0. The van der Waals surface area contributed by atoms with Crippen LogP contribution in [-0.4, -0.2) is 62.7 Å². The Kier molecular flexibility index (Phi) is 3.75. The van der Waals surface area contributed by atoms with Gasteiger partial charge in [0, 0.05) is 13.1 Å². The summed E-state index contributed by atoms with van der Waals surface area (Å²) in [5.74, 6) is -0.269. The van der Waals surface area contributed by atoms with Crippen molar-refractivity contribution in [3.8, 4) is 0 Å². The summed E-state index contributed by atoms with van der Waals surface area (Å²) in [5, 5.41) is 7.90. The van der Waals surface area contributed by atoms with Gasteiger partial charge in [0.15, 0.2) is 9.84 Å². The van der Waals surface area contributed by atoms with Crippen LogP contribution in [0.4, 0.5) is 0 Å². The summed E-state index contributed by atoms with van der Waals surface area (Å²) < 4.78 is 46.7. The Hall–Kier alpha value is -0.180. The van der Waals surface area contributed by atoms with E-state index in [4.69, 9.17) is 5.11 Å². The molecule has 0 amide bonds. The van der Waals surface area contributed by atoms with Gasteiger partial charge >= 0.3 is 0 Å². The maximum absolute atomic E-state index is 11.7. The molecule has 90 valence electrons. The van der Waals surface area contributed by atoms with Crippen LogP contribution in [-0.2, 0) is 19.9 Å². The van der Waals surface area contributed by atoms with Crippen molar-refractivity contribution in [3.05, 3.63) is 0 Å². The van der Waals surface area contributed by atoms with Crippen molar-refractivity contribution in [2.45, 2.75) is 12.2 Å². The highest BCUT2D eigenvalue weighted by atomic mass is 32.2. The Morgan fingerprint density at radius 3 is 2.20 bits per heavy atom. The van der Waals surface area contributed by atoms with Gasteiger partial charge in [0.2, 0.25) is 10.0 Å². The standard InChI is InChI=1S/C7H15NO5S2/c1-7(6-9)15(12,13)8-2-4-14(10,11)5-3-8/h7,9H,2-6H2,1H3. The second-order valence-electron chi connectivity index (χ2n) is 3.59. The van der Waals surface area contributed by atoms with Crippen molar-refractivity contribution in [3.63, 3.8) is 0 Å². The zero-order chi connectivity index (χ0) is 11.7. The van der Waals surface area contributed by atoms with Crippen LogP contribution < -0.4 is 0 Å². The number of sulfone groups is 1. The van der Waals surface area contributed by atoms with E-state index in [2.05, 4.69) is 0 Å². The molecule has 1 N–H and O–H groups in total. The largest absolute Gasteiger partial charge is 0.395 e. The molecular formula is C7H15NO5S2. The van der Waals surface area contributed by atoms with Crippen molar-refractivity contribution in [2.24, 2.45) is 0 Å². The topological polar surface area (TPSA) is 91.8 Å². The van der Waals surface area contributed by atoms with Gasteiger partial charge in [-0.05, 0) is 6.92 Å². The number of rotatable bonds is 3. The quantitative estimate of drug-likeness (QED) is 0.659. The molecule has 1 heterocycles. The Morgan fingerprint density at radius 2 is 1.80 bits per heavy atom. The molecule has 0 spiro atoms. The third kappa shape index (κ3) is 2.90. The van der Waals surface area contributed by atoms with Crippen molar-refractivity contribution >= 4 is 19.9 Å². The fourth-order valence-electron chi connectivity index (χ4n) is 1.30. The molecule has 1 aliphatic heterocycles. The van der Waals surface area contributed by atoms with Gasteiger partial charge in [-0.2, -0.15) is 4.31 Å². The SMILES string of the molecule is CC(CO)S(=O)(=O)N1CCS(=O)(=O)CC1. The first-order valence-corrected chi connectivity index (χ1v) is 7.92. The summed E-state index contributed by atoms with van der Waals surface area (Å²) in [4.78, 5) is 0. The number of hydrogen-bond acceptors (Lipinski definition) is 5. The lowest BCUT2D eigenvalue weighted by molar-refractivity contribution is 0.289. The monoisotopic (exact) mass is 257 g/mol. The normalized spacial score (nSPS) is 24.9. The summed E-state index contributed by atoms with van der Waals surface area (Å²) in [7, 11) is -6.62. The van der Waals surface area contributed by atoms with Gasteiger partial charge in [-0.25, -0.2) is 16.8 Å². The van der Waals surface area contributed by atoms with Crippen LogP contribution in [0.5, 0.6) is 0 Å². The van der Waals surface area contributed by atoms with E-state index >= 15 is 0 Å². The average molecular weight is 257 g/mol. The molecule has 1 saturated heterocycles. The van der Waals surface area contributed by atoms with Crippen LogP contribution in [0.25, 0.3) is 0 Å². The summed E-state index contributed by atoms with van der Waals surface area (Å²) in [6.07, 6.45) is 0. The van der Waals surface area contributed by atoms with E-state index in [0.717, 1.165) is 4.31 Å². The van der Waals surface area contributed by atoms with Gasteiger partial charge in [-0.15, -0.1) is 0 Å². The van der Waals surface area contributed by atoms with Crippen molar-refractivity contribution in [1.29, 1.82) is 0 Å². The second-order valence-corrected chi connectivity index (χ2v) is 8.24. The molecule has 8 heteroatoms. The van der Waals surface area contributed by atoms with Crippen LogP contribution >= 0.6 is 0 Å². The molecular weight excluding hydrogens is 242 g/mol. The smallest absolute Gasteiger partial charge is 0.219 e. The highest BCUT2D eigenvalue weighted by Crippen LogP contribution is 2.13. The van der Waals surface area contributed by atoms with Gasteiger partial charge in [-0.3, -0.25) is 0 Å². The van der Waals surface area contributed by atoms with Crippen LogP contribution in [0.1, 0.15) is 6.92 Å². The lowest BCUT2D eigenvalue weighted by Crippen LogP contribution is -2.47. The molecule has 0 aromatic carbocycles. The molecule has 6 nitrogen and oxygen atoms in total. The fraction of sp³-hybridized carbons (Fsp3) is 1.00. The third-order valence-corrected chi connectivity index (χ3v) is 6.29. The predicted molar refractivity (Wildman–Crippen MR) is 55.7 cm³/mol. The third-order valence-electron chi connectivity index (χ3n) is 2.43. The van der Waals surface area contributed by atoms with Gasteiger partial charge in [0.05, 0.1) is 23.4 Å². The molecule has 0 aliphatic carbocycles. The molecule has 0 aromatic heterocycles. The summed E-state index contributed by atoms with van der Waals surface area (Å²) in [6.45, 7) is 0.939. The van der Waals surface area contributed by atoms with Crippen LogP contribution in [0.3, 0.4) is 0 Å². The number of hydrogen-bond donors (Lipinski definition) is 1. The maximum Gasteiger partial charge on any atom is 0.219 e.